The monoisotopic (exact) mass is 421 g/mol. The molecule has 0 unspecified atom stereocenters. The van der Waals surface area contributed by atoms with Gasteiger partial charge in [0, 0.05) is 17.7 Å². The van der Waals surface area contributed by atoms with Crippen molar-refractivity contribution in [3.63, 3.8) is 0 Å². The number of carbonyl (C=O) groups excluding carboxylic acids is 1. The Morgan fingerprint density at radius 2 is 1.84 bits per heavy atom. The van der Waals surface area contributed by atoms with Gasteiger partial charge in [0.05, 0.1) is 16.0 Å². The normalized spacial score (nSPS) is 10.5. The first-order valence-electron chi connectivity index (χ1n) is 9.30. The van der Waals surface area contributed by atoms with E-state index in [-0.39, 0.29) is 16.9 Å². The summed E-state index contributed by atoms with van der Waals surface area (Å²) in [7, 11) is 1.50. The van der Waals surface area contributed by atoms with Crippen molar-refractivity contribution in [3.8, 4) is 17.3 Å². The Morgan fingerprint density at radius 3 is 2.35 bits per heavy atom. The van der Waals surface area contributed by atoms with Gasteiger partial charge in [-0.05, 0) is 52.1 Å². The number of rotatable bonds is 5. The van der Waals surface area contributed by atoms with Crippen LogP contribution in [0.2, 0.25) is 0 Å². The van der Waals surface area contributed by atoms with Crippen molar-refractivity contribution in [1.29, 1.82) is 5.26 Å². The van der Waals surface area contributed by atoms with Crippen molar-refractivity contribution in [2.45, 2.75) is 26.3 Å². The first-order chi connectivity index (χ1) is 14.7. The van der Waals surface area contributed by atoms with E-state index in [1.54, 1.807) is 35.0 Å². The molecule has 10 heteroatoms. The third kappa shape index (κ3) is 5.09. The Labute approximate surface area is 179 Å². The van der Waals surface area contributed by atoms with Crippen LogP contribution in [-0.4, -0.2) is 33.0 Å². The van der Waals surface area contributed by atoms with Crippen LogP contribution in [0.5, 0.6) is 0 Å². The molecule has 31 heavy (non-hydrogen) atoms. The van der Waals surface area contributed by atoms with Crippen LogP contribution in [0.15, 0.2) is 42.5 Å². The highest BCUT2D eigenvalue weighted by Crippen LogP contribution is 2.33. The van der Waals surface area contributed by atoms with Gasteiger partial charge in [-0.1, -0.05) is 6.07 Å². The molecule has 2 aromatic heterocycles. The van der Waals surface area contributed by atoms with Crippen LogP contribution in [0.3, 0.4) is 0 Å². The Balaban J connectivity index is 0.00000166. The fourth-order valence-corrected chi connectivity index (χ4v) is 2.79. The maximum atomic E-state index is 12.0. The lowest BCUT2D eigenvalue weighted by molar-refractivity contribution is -0.384. The molecule has 0 radical (unpaired) electrons. The Bertz CT molecular complexity index is 1120. The predicted molar refractivity (Wildman–Crippen MR) is 117 cm³/mol. The number of nitriles is 1. The Morgan fingerprint density at radius 1 is 1.19 bits per heavy atom. The van der Waals surface area contributed by atoms with Gasteiger partial charge in [0.25, 0.3) is 5.69 Å². The third-order valence-electron chi connectivity index (χ3n) is 4.14. The molecule has 3 aromatic rings. The average molecular weight is 421 g/mol. The largest absolute Gasteiger partial charge is 0.333 e. The number of nitro benzene ring substituents is 1. The summed E-state index contributed by atoms with van der Waals surface area (Å²) in [6.45, 7) is 5.79. The number of aromatic nitrogens is 3. The van der Waals surface area contributed by atoms with Crippen LogP contribution in [0, 0.1) is 21.4 Å². The van der Waals surface area contributed by atoms with Crippen molar-refractivity contribution < 1.29 is 9.72 Å². The second-order valence-corrected chi connectivity index (χ2v) is 7.26. The van der Waals surface area contributed by atoms with E-state index in [4.69, 9.17) is 5.26 Å². The molecule has 0 spiro atoms. The molecule has 0 aliphatic carbocycles. The summed E-state index contributed by atoms with van der Waals surface area (Å²) in [6.07, 6.45) is 0.683. The van der Waals surface area contributed by atoms with Gasteiger partial charge in [-0.15, -0.1) is 0 Å². The van der Waals surface area contributed by atoms with E-state index in [0.29, 0.717) is 29.2 Å². The molecule has 0 aliphatic rings. The van der Waals surface area contributed by atoms with Crippen molar-refractivity contribution in [3.05, 3.63) is 63.8 Å². The van der Waals surface area contributed by atoms with Crippen LogP contribution in [0.25, 0.3) is 11.3 Å². The average Bonchev–Trinajstić information content (AvgIpc) is 3.14. The highest BCUT2D eigenvalue weighted by atomic mass is 16.6. The van der Waals surface area contributed by atoms with Crippen LogP contribution >= 0.6 is 0 Å². The molecule has 3 N–H and O–H groups in total. The maximum Gasteiger partial charge on any atom is 0.269 e. The molecule has 0 fully saturated rings. The molecule has 0 amide bonds. The minimum atomic E-state index is -0.487. The number of aldehydes is 1. The van der Waals surface area contributed by atoms with E-state index in [1.165, 1.54) is 19.2 Å². The number of nitrogens with one attached hydrogen (secondary N) is 1. The third-order valence-corrected chi connectivity index (χ3v) is 4.14. The molecular formula is C21H23N7O3. The van der Waals surface area contributed by atoms with Crippen molar-refractivity contribution in [2.24, 2.45) is 5.73 Å². The summed E-state index contributed by atoms with van der Waals surface area (Å²) in [5.74, 6) is 0.816. The summed E-state index contributed by atoms with van der Waals surface area (Å²) < 4.78 is 1.66. The Hall–Kier alpha value is -4.10. The van der Waals surface area contributed by atoms with Crippen molar-refractivity contribution >= 4 is 23.6 Å². The number of hydrogen-bond donors (Lipinski definition) is 2. The molecule has 0 bridgehead atoms. The van der Waals surface area contributed by atoms with Gasteiger partial charge in [0.2, 0.25) is 0 Å². The molecule has 160 valence electrons. The summed E-state index contributed by atoms with van der Waals surface area (Å²) in [5, 5.41) is 27.7. The first kappa shape index (κ1) is 23.2. The highest BCUT2D eigenvalue weighted by Gasteiger charge is 2.26. The van der Waals surface area contributed by atoms with Crippen LogP contribution in [-0.2, 0) is 5.54 Å². The van der Waals surface area contributed by atoms with Gasteiger partial charge in [0.1, 0.15) is 29.1 Å². The Kier molecular flexibility index (Phi) is 7.18. The van der Waals surface area contributed by atoms with E-state index in [1.807, 2.05) is 26.8 Å². The molecule has 3 rings (SSSR count). The molecule has 0 aliphatic heterocycles. The SMILES string of the molecule is CC(C)(C)n1nc(-c2ccc([N+](=O)[O-])cc2)c(C=O)c1Nc1cccc(C#N)n1.CN. The van der Waals surface area contributed by atoms with Crippen LogP contribution in [0.1, 0.15) is 36.8 Å². The molecule has 0 atom stereocenters. The standard InChI is InChI=1S/C20H18N6O3.CH5N/c1-20(2,3)25-19(23-17-6-4-5-14(11-21)22-17)16(12-27)18(24-25)13-7-9-15(10-8-13)26(28)29;1-2/h4-10,12H,1-3H3,(H,22,23);2H2,1H3. The molecule has 2 heterocycles. The van der Waals surface area contributed by atoms with E-state index in [9.17, 15) is 14.9 Å². The topological polar surface area (TPSA) is 153 Å². The van der Waals surface area contributed by atoms with Gasteiger partial charge in [0.15, 0.2) is 6.29 Å². The lowest BCUT2D eigenvalue weighted by Crippen LogP contribution is -2.25. The molecule has 1 aromatic carbocycles. The minimum absolute atomic E-state index is 0.0486. The quantitative estimate of drug-likeness (QED) is 0.360. The minimum Gasteiger partial charge on any atom is -0.333 e. The molecule has 10 nitrogen and oxygen atoms in total. The summed E-state index contributed by atoms with van der Waals surface area (Å²) in [4.78, 5) is 26.6. The van der Waals surface area contributed by atoms with E-state index in [0.717, 1.165) is 0 Å². The molecule has 0 saturated carbocycles. The van der Waals surface area contributed by atoms with E-state index in [2.05, 4.69) is 21.1 Å². The van der Waals surface area contributed by atoms with Gasteiger partial charge in [-0.3, -0.25) is 14.9 Å². The highest BCUT2D eigenvalue weighted by molar-refractivity contribution is 5.93. The smallest absolute Gasteiger partial charge is 0.269 e. The second kappa shape index (κ2) is 9.60. The summed E-state index contributed by atoms with van der Waals surface area (Å²) in [6, 6.07) is 12.8. The van der Waals surface area contributed by atoms with E-state index >= 15 is 0 Å². The van der Waals surface area contributed by atoms with Crippen LogP contribution in [0.4, 0.5) is 17.3 Å². The van der Waals surface area contributed by atoms with Gasteiger partial charge >= 0.3 is 0 Å². The van der Waals surface area contributed by atoms with Gasteiger partial charge in [-0.25, -0.2) is 9.67 Å². The van der Waals surface area contributed by atoms with E-state index < -0.39 is 10.5 Å². The second-order valence-electron chi connectivity index (χ2n) is 7.26. The van der Waals surface area contributed by atoms with Crippen LogP contribution < -0.4 is 11.1 Å². The number of nitrogens with two attached hydrogens (primary N) is 1. The number of nitro groups is 1. The number of pyridine rings is 1. The number of nitrogens with zero attached hydrogens (tertiary/aromatic N) is 5. The maximum absolute atomic E-state index is 12.0. The first-order valence-corrected chi connectivity index (χ1v) is 9.30. The lowest BCUT2D eigenvalue weighted by atomic mass is 10.1. The summed E-state index contributed by atoms with van der Waals surface area (Å²) >= 11 is 0. The molecule has 0 saturated heterocycles. The lowest BCUT2D eigenvalue weighted by Gasteiger charge is -2.22. The van der Waals surface area contributed by atoms with Crippen molar-refractivity contribution in [2.75, 3.05) is 12.4 Å². The van der Waals surface area contributed by atoms with Crippen molar-refractivity contribution in [1.82, 2.24) is 14.8 Å². The fraction of sp³-hybridized carbons (Fsp3) is 0.238. The zero-order chi connectivity index (χ0) is 23.2. The van der Waals surface area contributed by atoms with Gasteiger partial charge < -0.3 is 11.1 Å². The number of carbonyl (C=O) groups is 1. The number of benzene rings is 1. The number of anilines is 2. The summed E-state index contributed by atoms with van der Waals surface area (Å²) in [5.41, 5.74) is 5.46. The zero-order valence-electron chi connectivity index (χ0n) is 17.7. The predicted octanol–water partition coefficient (Wildman–Crippen LogP) is 3.61. The number of non-ortho nitro benzene ring substituents is 1. The molecular weight excluding hydrogens is 398 g/mol. The zero-order valence-corrected chi connectivity index (χ0v) is 17.7. The number of hydrogen-bond acceptors (Lipinski definition) is 8. The fourth-order valence-electron chi connectivity index (χ4n) is 2.79. The van der Waals surface area contributed by atoms with Gasteiger partial charge in [-0.2, -0.15) is 10.4 Å².